The molecule has 8 heteroatoms. The Balaban J connectivity index is 1.47. The van der Waals surface area contributed by atoms with Crippen LogP contribution < -0.4 is 10.9 Å². The van der Waals surface area contributed by atoms with Gasteiger partial charge in [0.15, 0.2) is 0 Å². The molecule has 4 rings (SSSR count). The van der Waals surface area contributed by atoms with Gasteiger partial charge in [-0.2, -0.15) is 9.50 Å². The average Bonchev–Trinajstić information content (AvgIpc) is 3.16. The van der Waals surface area contributed by atoms with Crippen LogP contribution in [0.5, 0.6) is 0 Å². The van der Waals surface area contributed by atoms with Gasteiger partial charge in [0, 0.05) is 29.2 Å². The minimum Gasteiger partial charge on any atom is -0.325 e. The Kier molecular flexibility index (Phi) is 6.75. The molecule has 31 heavy (non-hydrogen) atoms. The zero-order valence-electron chi connectivity index (χ0n) is 18.1. The van der Waals surface area contributed by atoms with E-state index in [9.17, 15) is 9.59 Å². The molecule has 0 radical (unpaired) electrons. The second-order valence-electron chi connectivity index (χ2n) is 8.57. The third-order valence-corrected chi connectivity index (χ3v) is 6.65. The first-order valence-electron chi connectivity index (χ1n) is 11.0. The molecule has 0 bridgehead atoms. The Morgan fingerprint density at radius 3 is 2.77 bits per heavy atom. The Bertz CT molecular complexity index is 1110. The van der Waals surface area contributed by atoms with Gasteiger partial charge >= 0.3 is 0 Å². The molecule has 0 aliphatic heterocycles. The zero-order valence-corrected chi connectivity index (χ0v) is 18.9. The number of fused-ring (bicyclic) bond motifs is 1. The lowest BCUT2D eigenvalue weighted by Gasteiger charge is -2.21. The van der Waals surface area contributed by atoms with Crippen LogP contribution in [0, 0.1) is 11.8 Å². The molecule has 0 unspecified atom stereocenters. The molecule has 1 fully saturated rings. The Hall–Kier alpha value is -2.61. The van der Waals surface area contributed by atoms with Gasteiger partial charge in [0.05, 0.1) is 11.4 Å². The Morgan fingerprint density at radius 1 is 1.23 bits per heavy atom. The summed E-state index contributed by atoms with van der Waals surface area (Å²) in [6.45, 7) is 4.90. The van der Waals surface area contributed by atoms with Crippen molar-refractivity contribution in [1.29, 1.82) is 0 Å². The predicted molar refractivity (Wildman–Crippen MR) is 123 cm³/mol. The van der Waals surface area contributed by atoms with Crippen molar-refractivity contribution in [2.45, 2.75) is 63.1 Å². The summed E-state index contributed by atoms with van der Waals surface area (Å²) in [7, 11) is 0. The van der Waals surface area contributed by atoms with Crippen molar-refractivity contribution in [1.82, 2.24) is 19.2 Å². The number of carbonyl (C=O) groups is 1. The standard InChI is InChI=1S/C23H29N5O2S/c1-16(2)13-27-15-24-23-25-18(12-21(29)28(23)27)14-31-20-11-7-6-10-19(20)26-22(30)17-8-4-3-5-9-17/h6-7,10-12,15-17H,3-5,8-9,13-14H2,1-2H3,(H,26,30). The van der Waals surface area contributed by atoms with E-state index >= 15 is 0 Å². The number of aromatic nitrogens is 4. The molecule has 0 spiro atoms. The maximum atomic E-state index is 12.7. The molecule has 164 valence electrons. The second-order valence-corrected chi connectivity index (χ2v) is 9.58. The van der Waals surface area contributed by atoms with Crippen molar-refractivity contribution < 1.29 is 4.79 Å². The maximum Gasteiger partial charge on any atom is 0.274 e. The molecular formula is C23H29N5O2S. The van der Waals surface area contributed by atoms with Crippen LogP contribution in [-0.2, 0) is 17.1 Å². The summed E-state index contributed by atoms with van der Waals surface area (Å²) >= 11 is 1.56. The first-order chi connectivity index (χ1) is 15.0. The van der Waals surface area contributed by atoms with E-state index in [1.54, 1.807) is 24.2 Å². The molecule has 2 aromatic heterocycles. The highest BCUT2D eigenvalue weighted by molar-refractivity contribution is 7.98. The van der Waals surface area contributed by atoms with Crippen LogP contribution in [0.2, 0.25) is 0 Å². The van der Waals surface area contributed by atoms with Crippen LogP contribution in [-0.4, -0.2) is 25.1 Å². The normalized spacial score (nSPS) is 14.9. The minimum absolute atomic E-state index is 0.108. The number of nitrogens with one attached hydrogen (secondary N) is 1. The van der Waals surface area contributed by atoms with E-state index in [1.165, 1.54) is 10.9 Å². The Morgan fingerprint density at radius 2 is 2.00 bits per heavy atom. The van der Waals surface area contributed by atoms with Crippen molar-refractivity contribution in [2.75, 3.05) is 5.32 Å². The number of nitrogens with zero attached hydrogens (tertiary/aromatic N) is 4. The lowest BCUT2D eigenvalue weighted by Crippen LogP contribution is -2.25. The number of hydrogen-bond donors (Lipinski definition) is 1. The molecule has 1 N–H and O–H groups in total. The fourth-order valence-corrected chi connectivity index (χ4v) is 4.93. The van der Waals surface area contributed by atoms with Gasteiger partial charge < -0.3 is 5.32 Å². The quantitative estimate of drug-likeness (QED) is 0.553. The molecule has 1 aromatic carbocycles. The van der Waals surface area contributed by atoms with Gasteiger partial charge in [0.25, 0.3) is 11.3 Å². The highest BCUT2D eigenvalue weighted by atomic mass is 32.2. The van der Waals surface area contributed by atoms with Crippen LogP contribution >= 0.6 is 11.8 Å². The lowest BCUT2D eigenvalue weighted by atomic mass is 9.88. The molecule has 1 saturated carbocycles. The van der Waals surface area contributed by atoms with E-state index in [0.29, 0.717) is 29.7 Å². The van der Waals surface area contributed by atoms with Crippen LogP contribution in [0.15, 0.2) is 46.3 Å². The fourth-order valence-electron chi connectivity index (χ4n) is 4.03. The summed E-state index contributed by atoms with van der Waals surface area (Å²) in [4.78, 5) is 35.2. The van der Waals surface area contributed by atoms with E-state index in [1.807, 2.05) is 28.9 Å². The topological polar surface area (TPSA) is 81.3 Å². The number of thioether (sulfide) groups is 1. The largest absolute Gasteiger partial charge is 0.325 e. The van der Waals surface area contributed by atoms with Crippen molar-refractivity contribution in [3.8, 4) is 0 Å². The van der Waals surface area contributed by atoms with Gasteiger partial charge in [-0.3, -0.25) is 14.3 Å². The number of rotatable bonds is 7. The number of para-hydroxylation sites is 1. The molecular weight excluding hydrogens is 410 g/mol. The molecule has 1 aliphatic carbocycles. The summed E-state index contributed by atoms with van der Waals surface area (Å²) in [6, 6.07) is 9.38. The van der Waals surface area contributed by atoms with Crippen molar-refractivity contribution in [3.05, 3.63) is 52.7 Å². The smallest absolute Gasteiger partial charge is 0.274 e. The van der Waals surface area contributed by atoms with Crippen LogP contribution in [0.3, 0.4) is 0 Å². The third-order valence-electron chi connectivity index (χ3n) is 5.54. The van der Waals surface area contributed by atoms with E-state index in [0.717, 1.165) is 36.3 Å². The molecule has 0 atom stereocenters. The van der Waals surface area contributed by atoms with Gasteiger partial charge in [-0.15, -0.1) is 11.8 Å². The van der Waals surface area contributed by atoms with E-state index in [-0.39, 0.29) is 17.4 Å². The van der Waals surface area contributed by atoms with Gasteiger partial charge in [0.2, 0.25) is 5.91 Å². The summed E-state index contributed by atoms with van der Waals surface area (Å²) < 4.78 is 3.33. The monoisotopic (exact) mass is 439 g/mol. The summed E-state index contributed by atoms with van der Waals surface area (Å²) in [5.41, 5.74) is 1.37. The van der Waals surface area contributed by atoms with Gasteiger partial charge in [-0.25, -0.2) is 4.98 Å². The van der Waals surface area contributed by atoms with Crippen molar-refractivity contribution >= 4 is 29.1 Å². The van der Waals surface area contributed by atoms with Gasteiger partial charge in [0.1, 0.15) is 6.33 Å². The number of carbonyl (C=O) groups excluding carboxylic acids is 1. The molecule has 1 amide bonds. The molecule has 1 aliphatic rings. The summed E-state index contributed by atoms with van der Waals surface area (Å²) in [5.74, 6) is 1.57. The highest BCUT2D eigenvalue weighted by Crippen LogP contribution is 2.31. The van der Waals surface area contributed by atoms with Gasteiger partial charge in [-0.05, 0) is 30.9 Å². The first-order valence-corrected chi connectivity index (χ1v) is 12.0. The SMILES string of the molecule is CC(C)Cn1cnc2nc(CSc3ccccc3NC(=O)C3CCCCC3)cc(=O)n21. The van der Waals surface area contributed by atoms with Gasteiger partial charge in [-0.1, -0.05) is 45.2 Å². The number of hydrogen-bond acceptors (Lipinski definition) is 5. The maximum absolute atomic E-state index is 12.7. The second kappa shape index (κ2) is 9.68. The fraction of sp³-hybridized carbons (Fsp3) is 0.478. The van der Waals surface area contributed by atoms with Crippen LogP contribution in [0.25, 0.3) is 5.78 Å². The highest BCUT2D eigenvalue weighted by Gasteiger charge is 2.21. The first kappa shape index (κ1) is 21.6. The average molecular weight is 440 g/mol. The molecule has 0 saturated heterocycles. The number of anilines is 1. The van der Waals surface area contributed by atoms with Crippen molar-refractivity contribution in [2.24, 2.45) is 11.8 Å². The van der Waals surface area contributed by atoms with Crippen LogP contribution in [0.4, 0.5) is 5.69 Å². The zero-order chi connectivity index (χ0) is 21.8. The predicted octanol–water partition coefficient (Wildman–Crippen LogP) is 4.36. The van der Waals surface area contributed by atoms with E-state index in [4.69, 9.17) is 0 Å². The molecule has 3 aromatic rings. The number of benzene rings is 1. The third kappa shape index (κ3) is 5.18. The number of amides is 1. The van der Waals surface area contributed by atoms with Crippen LogP contribution in [0.1, 0.15) is 51.6 Å². The summed E-state index contributed by atoms with van der Waals surface area (Å²) in [6.07, 6.45) is 7.09. The lowest BCUT2D eigenvalue weighted by molar-refractivity contribution is -0.120. The van der Waals surface area contributed by atoms with Crippen molar-refractivity contribution in [3.63, 3.8) is 0 Å². The Labute approximate surface area is 186 Å². The minimum atomic E-state index is -0.127. The summed E-state index contributed by atoms with van der Waals surface area (Å²) in [5, 5.41) is 3.12. The molecule has 2 heterocycles. The van der Waals surface area contributed by atoms with E-state index < -0.39 is 0 Å². The van der Waals surface area contributed by atoms with E-state index in [2.05, 4.69) is 29.1 Å². The molecule has 7 nitrogen and oxygen atoms in total.